The maximum atomic E-state index is 12.3. The molecule has 0 radical (unpaired) electrons. The molecule has 1 saturated carbocycles. The smallest absolute Gasteiger partial charge is 0.340 e. The second-order valence-corrected chi connectivity index (χ2v) is 7.63. The van der Waals surface area contributed by atoms with E-state index in [4.69, 9.17) is 4.74 Å². The Morgan fingerprint density at radius 2 is 2.00 bits per heavy atom. The quantitative estimate of drug-likeness (QED) is 0.312. The lowest BCUT2D eigenvalue weighted by molar-refractivity contribution is -0.120. The average Bonchev–Trinajstić information content (AvgIpc) is 3.50. The van der Waals surface area contributed by atoms with Crippen molar-refractivity contribution in [2.45, 2.75) is 37.4 Å². The van der Waals surface area contributed by atoms with Crippen LogP contribution < -0.4 is 16.2 Å². The number of H-pyrrole nitrogens is 1. The number of aromatic nitrogens is 2. The lowest BCUT2D eigenvalue weighted by Gasteiger charge is -2.10. The van der Waals surface area contributed by atoms with E-state index in [1.54, 1.807) is 31.2 Å². The van der Waals surface area contributed by atoms with Gasteiger partial charge in [-0.25, -0.2) is 9.78 Å². The molecule has 1 aliphatic carbocycles. The van der Waals surface area contributed by atoms with E-state index in [-0.39, 0.29) is 47.4 Å². The van der Waals surface area contributed by atoms with Crippen LogP contribution in [0.2, 0.25) is 0 Å². The van der Waals surface area contributed by atoms with E-state index in [0.717, 1.165) is 24.6 Å². The van der Waals surface area contributed by atoms with Gasteiger partial charge >= 0.3 is 5.97 Å². The summed E-state index contributed by atoms with van der Waals surface area (Å²) in [4.78, 5) is 54.9. The number of nitrogens with zero attached hydrogens (tertiary/aromatic N) is 1. The second-order valence-electron chi connectivity index (χ2n) is 6.66. The van der Waals surface area contributed by atoms with Crippen molar-refractivity contribution in [1.29, 1.82) is 0 Å². The zero-order valence-corrected chi connectivity index (χ0v) is 17.2. The molecule has 3 rings (SSSR count). The van der Waals surface area contributed by atoms with Crippen LogP contribution >= 0.6 is 11.8 Å². The zero-order chi connectivity index (χ0) is 21.5. The highest BCUT2D eigenvalue weighted by Crippen LogP contribution is 2.19. The van der Waals surface area contributed by atoms with E-state index in [0.29, 0.717) is 11.4 Å². The molecule has 0 atom stereocenters. The Bertz CT molecular complexity index is 1000. The number of hydrogen-bond donors (Lipinski definition) is 3. The third kappa shape index (κ3) is 6.45. The van der Waals surface area contributed by atoms with Crippen LogP contribution in [0, 0.1) is 0 Å². The molecule has 2 amide bonds. The number of hydrogen-bond acceptors (Lipinski definition) is 7. The molecule has 0 aliphatic heterocycles. The number of esters is 1. The molecule has 1 aromatic carbocycles. The molecule has 1 fully saturated rings. The molecule has 3 N–H and O–H groups in total. The highest BCUT2D eigenvalue weighted by molar-refractivity contribution is 7.99. The van der Waals surface area contributed by atoms with Gasteiger partial charge in [0.05, 0.1) is 35.7 Å². The monoisotopic (exact) mass is 430 g/mol. The number of rotatable bonds is 9. The van der Waals surface area contributed by atoms with Crippen molar-refractivity contribution in [3.05, 3.63) is 51.9 Å². The summed E-state index contributed by atoms with van der Waals surface area (Å²) >= 11 is 1.03. The number of anilines is 1. The summed E-state index contributed by atoms with van der Waals surface area (Å²) in [6.45, 7) is 1.93. The Morgan fingerprint density at radius 3 is 2.73 bits per heavy atom. The average molecular weight is 430 g/mol. The minimum absolute atomic E-state index is 0.00704. The Balaban J connectivity index is 1.59. The summed E-state index contributed by atoms with van der Waals surface area (Å²) in [5, 5.41) is 5.75. The maximum absolute atomic E-state index is 12.3. The van der Waals surface area contributed by atoms with Crippen molar-refractivity contribution in [3.63, 3.8) is 0 Å². The lowest BCUT2D eigenvalue weighted by atomic mass is 10.2. The molecule has 10 heteroatoms. The molecule has 0 unspecified atom stereocenters. The van der Waals surface area contributed by atoms with Crippen molar-refractivity contribution in [2.24, 2.45) is 0 Å². The van der Waals surface area contributed by atoms with Gasteiger partial charge in [0.15, 0.2) is 5.16 Å². The third-order valence-corrected chi connectivity index (χ3v) is 4.97. The number of para-hydroxylation sites is 1. The number of benzene rings is 1. The zero-order valence-electron chi connectivity index (χ0n) is 16.4. The molecule has 1 aliphatic rings. The van der Waals surface area contributed by atoms with Gasteiger partial charge in [-0.2, -0.15) is 0 Å². The second kappa shape index (κ2) is 10.1. The van der Waals surface area contributed by atoms with Gasteiger partial charge in [0, 0.05) is 12.1 Å². The minimum Gasteiger partial charge on any atom is -0.462 e. The van der Waals surface area contributed by atoms with Gasteiger partial charge in [-0.15, -0.1) is 0 Å². The molecule has 2 aromatic rings. The summed E-state index contributed by atoms with van der Waals surface area (Å²) in [5.74, 6) is -1.13. The van der Waals surface area contributed by atoms with E-state index in [1.807, 2.05) is 0 Å². The van der Waals surface area contributed by atoms with E-state index >= 15 is 0 Å². The maximum Gasteiger partial charge on any atom is 0.340 e. The van der Waals surface area contributed by atoms with Crippen molar-refractivity contribution >= 4 is 35.2 Å². The number of nitrogens with one attached hydrogen (secondary N) is 3. The van der Waals surface area contributed by atoms with Crippen LogP contribution in [0.25, 0.3) is 0 Å². The highest BCUT2D eigenvalue weighted by atomic mass is 32.2. The van der Waals surface area contributed by atoms with Gasteiger partial charge in [-0.05, 0) is 31.9 Å². The summed E-state index contributed by atoms with van der Waals surface area (Å²) in [5.41, 5.74) is 0.545. The van der Waals surface area contributed by atoms with Crippen LogP contribution in [0.3, 0.4) is 0 Å². The fraction of sp³-hybridized carbons (Fsp3) is 0.350. The molecular formula is C20H22N4O5S. The van der Waals surface area contributed by atoms with Crippen LogP contribution in [-0.2, 0) is 20.7 Å². The van der Waals surface area contributed by atoms with Gasteiger partial charge in [-0.1, -0.05) is 23.9 Å². The van der Waals surface area contributed by atoms with Gasteiger partial charge < -0.3 is 20.4 Å². The van der Waals surface area contributed by atoms with Crippen molar-refractivity contribution in [3.8, 4) is 0 Å². The van der Waals surface area contributed by atoms with Crippen LogP contribution in [0.15, 0.2) is 40.3 Å². The fourth-order valence-corrected chi connectivity index (χ4v) is 3.31. The summed E-state index contributed by atoms with van der Waals surface area (Å²) in [7, 11) is 0. The molecule has 9 nitrogen and oxygen atoms in total. The highest BCUT2D eigenvalue weighted by Gasteiger charge is 2.23. The van der Waals surface area contributed by atoms with Gasteiger partial charge in [-0.3, -0.25) is 14.4 Å². The van der Waals surface area contributed by atoms with Crippen molar-refractivity contribution in [2.75, 3.05) is 17.7 Å². The van der Waals surface area contributed by atoms with Crippen molar-refractivity contribution in [1.82, 2.24) is 15.3 Å². The van der Waals surface area contributed by atoms with Gasteiger partial charge in [0.2, 0.25) is 11.8 Å². The Hall–Kier alpha value is -3.14. The Kier molecular flexibility index (Phi) is 7.23. The summed E-state index contributed by atoms with van der Waals surface area (Å²) in [6, 6.07) is 8.04. The first kappa shape index (κ1) is 21.6. The third-order valence-electron chi connectivity index (χ3n) is 4.09. The number of amides is 2. The van der Waals surface area contributed by atoms with Gasteiger partial charge in [0.1, 0.15) is 0 Å². The standard InChI is InChI=1S/C20H22N4O5S/c1-2-29-19(28)14-5-3-4-6-15(14)23-18(27)11-30-20-22-13(10-17(26)24-20)9-16(25)21-12-7-8-12/h3-6,10,12H,2,7-9,11H2,1H3,(H,21,25)(H,23,27)(H,22,24,26). The number of aromatic amines is 1. The predicted octanol–water partition coefficient (Wildman–Crippen LogP) is 1.50. The number of carbonyl (C=O) groups is 3. The summed E-state index contributed by atoms with van der Waals surface area (Å²) < 4.78 is 4.99. The Morgan fingerprint density at radius 1 is 1.23 bits per heavy atom. The first-order chi connectivity index (χ1) is 14.4. The van der Waals surface area contributed by atoms with E-state index in [1.165, 1.54) is 6.07 Å². The molecule has 1 aromatic heterocycles. The van der Waals surface area contributed by atoms with Crippen LogP contribution in [0.4, 0.5) is 5.69 Å². The minimum atomic E-state index is -0.524. The number of carbonyl (C=O) groups excluding carboxylic acids is 3. The van der Waals surface area contributed by atoms with Crippen LogP contribution in [0.1, 0.15) is 35.8 Å². The topological polar surface area (TPSA) is 130 Å². The molecule has 0 bridgehead atoms. The van der Waals surface area contributed by atoms with E-state index in [2.05, 4.69) is 20.6 Å². The molecular weight excluding hydrogens is 408 g/mol. The van der Waals surface area contributed by atoms with Crippen LogP contribution in [0.5, 0.6) is 0 Å². The first-order valence-corrected chi connectivity index (χ1v) is 10.5. The molecule has 1 heterocycles. The van der Waals surface area contributed by atoms with E-state index in [9.17, 15) is 19.2 Å². The predicted molar refractivity (Wildman–Crippen MR) is 111 cm³/mol. The molecule has 0 saturated heterocycles. The Labute approximate surface area is 177 Å². The number of thioether (sulfide) groups is 1. The molecule has 0 spiro atoms. The first-order valence-electron chi connectivity index (χ1n) is 9.53. The number of ether oxygens (including phenoxy) is 1. The SMILES string of the molecule is CCOC(=O)c1ccccc1NC(=O)CSc1nc(CC(=O)NC2CC2)cc(=O)[nH]1. The molecule has 158 valence electrons. The van der Waals surface area contributed by atoms with E-state index < -0.39 is 11.5 Å². The fourth-order valence-electron chi connectivity index (χ4n) is 2.61. The normalized spacial score (nSPS) is 12.8. The van der Waals surface area contributed by atoms with Gasteiger partial charge in [0.25, 0.3) is 5.56 Å². The van der Waals surface area contributed by atoms with Crippen LogP contribution in [-0.4, -0.2) is 46.2 Å². The molecule has 30 heavy (non-hydrogen) atoms. The summed E-state index contributed by atoms with van der Waals surface area (Å²) in [6.07, 6.45) is 1.96. The largest absolute Gasteiger partial charge is 0.462 e. The van der Waals surface area contributed by atoms with Crippen molar-refractivity contribution < 1.29 is 19.1 Å². The lowest BCUT2D eigenvalue weighted by Crippen LogP contribution is -2.28.